The Morgan fingerprint density at radius 3 is 2.94 bits per heavy atom. The number of aryl methyl sites for hydroxylation is 1. The highest BCUT2D eigenvalue weighted by atomic mass is 35.5. The predicted molar refractivity (Wildman–Crippen MR) is 68.4 cm³/mol. The van der Waals surface area contributed by atoms with E-state index in [1.807, 2.05) is 17.8 Å². The van der Waals surface area contributed by atoms with E-state index in [1.54, 1.807) is 24.3 Å². The molecule has 2 rings (SSSR count). The van der Waals surface area contributed by atoms with Gasteiger partial charge in [-0.3, -0.25) is 4.68 Å². The Morgan fingerprint density at radius 2 is 2.33 bits per heavy atom. The molecule has 0 aliphatic rings. The van der Waals surface area contributed by atoms with Crippen molar-refractivity contribution >= 4 is 11.6 Å². The van der Waals surface area contributed by atoms with E-state index in [2.05, 4.69) is 10.1 Å². The van der Waals surface area contributed by atoms with Crippen LogP contribution in [0, 0.1) is 0 Å². The first kappa shape index (κ1) is 13.1. The Hall–Kier alpha value is -1.37. The third-order valence-electron chi connectivity index (χ3n) is 2.68. The molecule has 0 saturated heterocycles. The summed E-state index contributed by atoms with van der Waals surface area (Å²) in [5.74, 6) is 0. The quantitative estimate of drug-likeness (QED) is 0.878. The number of imidazole rings is 1. The Kier molecular flexibility index (Phi) is 4.00. The lowest BCUT2D eigenvalue weighted by Gasteiger charge is -2.13. The monoisotopic (exact) mass is 269 g/mol. The predicted octanol–water partition coefficient (Wildman–Crippen LogP) is 0.964. The van der Waals surface area contributed by atoms with Gasteiger partial charge in [0.2, 0.25) is 0 Å². The van der Waals surface area contributed by atoms with Gasteiger partial charge in [0.25, 0.3) is 0 Å². The van der Waals surface area contributed by atoms with Gasteiger partial charge in [-0.15, -0.1) is 0 Å². The molecule has 1 atom stereocenters. The molecule has 1 unspecified atom stereocenters. The van der Waals surface area contributed by atoms with Crippen LogP contribution in [0.3, 0.4) is 0 Å². The fraction of sp³-hybridized carbons (Fsp3) is 0.455. The summed E-state index contributed by atoms with van der Waals surface area (Å²) in [4.78, 5) is 4.24. The van der Waals surface area contributed by atoms with Gasteiger partial charge in [-0.25, -0.2) is 4.98 Å². The van der Waals surface area contributed by atoms with E-state index in [0.29, 0.717) is 18.2 Å². The van der Waals surface area contributed by atoms with Crippen LogP contribution in [0.1, 0.15) is 17.4 Å². The number of rotatable bonds is 5. The van der Waals surface area contributed by atoms with Crippen LogP contribution < -0.4 is 5.73 Å². The third kappa shape index (κ3) is 2.55. The smallest absolute Gasteiger partial charge is 0.0947 e. The second-order valence-corrected chi connectivity index (χ2v) is 4.44. The highest BCUT2D eigenvalue weighted by Crippen LogP contribution is 2.25. The van der Waals surface area contributed by atoms with E-state index in [1.165, 1.54) is 0 Å². The molecule has 0 aliphatic heterocycles. The van der Waals surface area contributed by atoms with Crippen LogP contribution in [0.25, 0.3) is 0 Å². The first-order valence-corrected chi connectivity index (χ1v) is 5.95. The molecule has 0 aromatic carbocycles. The topological polar surface area (TPSA) is 70.9 Å². The van der Waals surface area contributed by atoms with Crippen molar-refractivity contribution in [3.63, 3.8) is 0 Å². The van der Waals surface area contributed by atoms with Crippen molar-refractivity contribution in [1.82, 2.24) is 19.3 Å². The van der Waals surface area contributed by atoms with E-state index in [9.17, 15) is 0 Å². The van der Waals surface area contributed by atoms with E-state index < -0.39 is 6.04 Å². The molecular formula is C11H16ClN5O. The summed E-state index contributed by atoms with van der Waals surface area (Å²) in [6, 6.07) is -0.391. The van der Waals surface area contributed by atoms with Gasteiger partial charge in [0, 0.05) is 20.4 Å². The largest absolute Gasteiger partial charge is 0.383 e. The number of hydrogen-bond donors (Lipinski definition) is 1. The number of ether oxygens (including phenoxy) is 1. The van der Waals surface area contributed by atoms with E-state index >= 15 is 0 Å². The van der Waals surface area contributed by atoms with Crippen molar-refractivity contribution in [3.05, 3.63) is 35.1 Å². The van der Waals surface area contributed by atoms with Gasteiger partial charge in [-0.05, 0) is 0 Å². The minimum absolute atomic E-state index is 0.391. The first-order valence-electron chi connectivity index (χ1n) is 5.57. The fourth-order valence-corrected chi connectivity index (χ4v) is 2.03. The van der Waals surface area contributed by atoms with E-state index in [-0.39, 0.29) is 0 Å². The molecule has 0 spiro atoms. The number of hydrogen-bond acceptors (Lipinski definition) is 4. The number of halogens is 1. The van der Waals surface area contributed by atoms with Crippen LogP contribution in [-0.2, 0) is 18.3 Å². The standard InChI is InChI=1S/C11H16ClN5O/c1-16-6-9(14-7-16)10(13)11-8(12)5-15-17(11)3-4-18-2/h5-7,10H,3-4,13H2,1-2H3. The molecule has 0 fully saturated rings. The molecule has 0 bridgehead atoms. The Morgan fingerprint density at radius 1 is 1.56 bits per heavy atom. The van der Waals surface area contributed by atoms with Crippen molar-refractivity contribution in [1.29, 1.82) is 0 Å². The molecule has 2 aromatic rings. The molecule has 2 aromatic heterocycles. The number of methoxy groups -OCH3 is 1. The van der Waals surface area contributed by atoms with E-state index in [0.717, 1.165) is 11.4 Å². The fourth-order valence-electron chi connectivity index (χ4n) is 1.77. The van der Waals surface area contributed by atoms with Gasteiger partial charge in [0.15, 0.2) is 0 Å². The Bertz CT molecular complexity index is 521. The molecule has 2 heterocycles. The lowest BCUT2D eigenvalue weighted by Crippen LogP contribution is -2.19. The van der Waals surface area contributed by atoms with Crippen LogP contribution in [0.2, 0.25) is 5.02 Å². The first-order chi connectivity index (χ1) is 8.63. The SMILES string of the molecule is COCCn1ncc(Cl)c1C(N)c1cn(C)cn1. The minimum atomic E-state index is -0.391. The van der Waals surface area contributed by atoms with Gasteiger partial charge in [-0.1, -0.05) is 11.6 Å². The molecule has 0 saturated carbocycles. The summed E-state index contributed by atoms with van der Waals surface area (Å²) >= 11 is 6.14. The summed E-state index contributed by atoms with van der Waals surface area (Å²) in [5, 5.41) is 4.74. The molecule has 2 N–H and O–H groups in total. The molecule has 18 heavy (non-hydrogen) atoms. The van der Waals surface area contributed by atoms with Crippen molar-refractivity contribution in [2.24, 2.45) is 12.8 Å². The van der Waals surface area contributed by atoms with Gasteiger partial charge < -0.3 is 15.0 Å². The highest BCUT2D eigenvalue weighted by molar-refractivity contribution is 6.31. The van der Waals surface area contributed by atoms with Crippen molar-refractivity contribution in [2.45, 2.75) is 12.6 Å². The van der Waals surface area contributed by atoms with Crippen molar-refractivity contribution < 1.29 is 4.74 Å². The van der Waals surface area contributed by atoms with Gasteiger partial charge in [0.05, 0.1) is 48.1 Å². The molecule has 7 heteroatoms. The number of aromatic nitrogens is 4. The molecule has 0 aliphatic carbocycles. The third-order valence-corrected chi connectivity index (χ3v) is 2.97. The normalized spacial score (nSPS) is 12.9. The zero-order chi connectivity index (χ0) is 13.1. The number of nitrogens with zero attached hydrogens (tertiary/aromatic N) is 4. The molecule has 98 valence electrons. The van der Waals surface area contributed by atoms with Crippen LogP contribution >= 0.6 is 11.6 Å². The lowest BCUT2D eigenvalue weighted by molar-refractivity contribution is 0.182. The molecule has 0 radical (unpaired) electrons. The molecular weight excluding hydrogens is 254 g/mol. The highest BCUT2D eigenvalue weighted by Gasteiger charge is 2.20. The average Bonchev–Trinajstić information content (AvgIpc) is 2.92. The van der Waals surface area contributed by atoms with Crippen molar-refractivity contribution in [2.75, 3.05) is 13.7 Å². The van der Waals surface area contributed by atoms with Gasteiger partial charge >= 0.3 is 0 Å². The van der Waals surface area contributed by atoms with Crippen LogP contribution in [0.4, 0.5) is 0 Å². The number of nitrogens with two attached hydrogens (primary N) is 1. The summed E-state index contributed by atoms with van der Waals surface area (Å²) in [7, 11) is 3.54. The van der Waals surface area contributed by atoms with E-state index in [4.69, 9.17) is 22.1 Å². The molecule has 6 nitrogen and oxygen atoms in total. The summed E-state index contributed by atoms with van der Waals surface area (Å²) in [6.45, 7) is 1.17. The molecule has 0 amide bonds. The van der Waals surface area contributed by atoms with Gasteiger partial charge in [0.1, 0.15) is 0 Å². The maximum atomic E-state index is 6.19. The Balaban J connectivity index is 2.28. The van der Waals surface area contributed by atoms with Gasteiger partial charge in [-0.2, -0.15) is 5.10 Å². The van der Waals surface area contributed by atoms with Crippen molar-refractivity contribution in [3.8, 4) is 0 Å². The maximum absolute atomic E-state index is 6.19. The second kappa shape index (κ2) is 5.51. The zero-order valence-electron chi connectivity index (χ0n) is 10.4. The van der Waals surface area contributed by atoms with Crippen LogP contribution in [0.15, 0.2) is 18.7 Å². The van der Waals surface area contributed by atoms with Crippen LogP contribution in [0.5, 0.6) is 0 Å². The minimum Gasteiger partial charge on any atom is -0.383 e. The van der Waals surface area contributed by atoms with Crippen LogP contribution in [-0.4, -0.2) is 33.0 Å². The second-order valence-electron chi connectivity index (χ2n) is 4.04. The average molecular weight is 270 g/mol. The summed E-state index contributed by atoms with van der Waals surface area (Å²) < 4.78 is 8.64. The summed E-state index contributed by atoms with van der Waals surface area (Å²) in [6.07, 6.45) is 5.17. The Labute approximate surface area is 110 Å². The maximum Gasteiger partial charge on any atom is 0.0947 e. The zero-order valence-corrected chi connectivity index (χ0v) is 11.1. The summed E-state index contributed by atoms with van der Waals surface area (Å²) in [5.41, 5.74) is 7.70. The lowest BCUT2D eigenvalue weighted by atomic mass is 10.1.